The van der Waals surface area contributed by atoms with Crippen LogP contribution in [0.5, 0.6) is 0 Å². The van der Waals surface area contributed by atoms with Gasteiger partial charge in [0.1, 0.15) is 17.8 Å². The maximum absolute atomic E-state index is 12.7. The molecule has 0 spiro atoms. The van der Waals surface area contributed by atoms with Crippen LogP contribution in [0, 0.1) is 12.0 Å². The van der Waals surface area contributed by atoms with Crippen molar-refractivity contribution in [3.05, 3.63) is 42.5 Å². The second kappa shape index (κ2) is 2.77. The van der Waals surface area contributed by atoms with Crippen LogP contribution in [-0.4, -0.2) is 9.97 Å². The van der Waals surface area contributed by atoms with Crippen molar-refractivity contribution in [2.45, 2.75) is 0 Å². The van der Waals surface area contributed by atoms with E-state index in [-0.39, 0.29) is 5.82 Å². The van der Waals surface area contributed by atoms with E-state index in [0.29, 0.717) is 5.82 Å². The average Bonchev–Trinajstić information content (AvgIpc) is 2.56. The molecule has 1 radical (unpaired) electrons. The number of hydrogen-bond donors (Lipinski definition) is 1. The Bertz CT molecular complexity index is 368. The summed E-state index contributed by atoms with van der Waals surface area (Å²) in [5, 5.41) is 0. The summed E-state index contributed by atoms with van der Waals surface area (Å²) >= 11 is 0. The molecule has 0 saturated heterocycles. The van der Waals surface area contributed by atoms with Crippen LogP contribution in [0.15, 0.2) is 30.5 Å². The Morgan fingerprint density at radius 1 is 1.42 bits per heavy atom. The van der Waals surface area contributed by atoms with Gasteiger partial charge in [-0.25, -0.2) is 9.37 Å². The molecule has 1 heterocycles. The largest absolute Gasteiger partial charge is 0.344 e. The standard InChI is InChI=1S/C9H6FN2/c10-8-3-1-2-7(6-8)9-11-4-5-12-9/h1-4,6H,(H,11,12). The van der Waals surface area contributed by atoms with E-state index >= 15 is 0 Å². The minimum atomic E-state index is -0.260. The first-order valence-electron chi connectivity index (χ1n) is 3.53. The van der Waals surface area contributed by atoms with Crippen LogP contribution in [0.1, 0.15) is 0 Å². The minimum absolute atomic E-state index is 0.260. The van der Waals surface area contributed by atoms with Crippen molar-refractivity contribution >= 4 is 0 Å². The fraction of sp³-hybridized carbons (Fsp3) is 0. The molecule has 12 heavy (non-hydrogen) atoms. The number of nitrogens with zero attached hydrogens (tertiary/aromatic N) is 1. The van der Waals surface area contributed by atoms with E-state index in [1.54, 1.807) is 18.3 Å². The Morgan fingerprint density at radius 2 is 2.33 bits per heavy atom. The number of imidazole rings is 1. The smallest absolute Gasteiger partial charge is 0.138 e. The summed E-state index contributed by atoms with van der Waals surface area (Å²) in [6, 6.07) is 6.26. The lowest BCUT2D eigenvalue weighted by molar-refractivity contribution is 0.628. The van der Waals surface area contributed by atoms with Gasteiger partial charge in [-0.15, -0.1) is 0 Å². The number of benzene rings is 1. The van der Waals surface area contributed by atoms with Crippen molar-refractivity contribution in [1.82, 2.24) is 9.97 Å². The van der Waals surface area contributed by atoms with Gasteiger partial charge in [0, 0.05) is 11.8 Å². The molecule has 0 aliphatic rings. The molecule has 2 nitrogen and oxygen atoms in total. The van der Waals surface area contributed by atoms with Crippen molar-refractivity contribution in [1.29, 1.82) is 0 Å². The van der Waals surface area contributed by atoms with Crippen LogP contribution in [-0.2, 0) is 0 Å². The summed E-state index contributed by atoms with van der Waals surface area (Å²) in [6.07, 6.45) is 4.20. The molecule has 2 aromatic rings. The highest BCUT2D eigenvalue weighted by atomic mass is 19.1. The normalized spacial score (nSPS) is 10.1. The Labute approximate surface area is 69.1 Å². The van der Waals surface area contributed by atoms with Crippen LogP contribution < -0.4 is 0 Å². The van der Waals surface area contributed by atoms with Crippen LogP contribution in [0.4, 0.5) is 4.39 Å². The lowest BCUT2D eigenvalue weighted by Crippen LogP contribution is -1.81. The fourth-order valence-corrected chi connectivity index (χ4v) is 1.01. The summed E-state index contributed by atoms with van der Waals surface area (Å²) in [5.74, 6) is 0.374. The highest BCUT2D eigenvalue weighted by Crippen LogP contribution is 2.14. The third-order valence-corrected chi connectivity index (χ3v) is 1.55. The SMILES string of the molecule is Fc1cccc(-c2n[c]c[nH]2)c1. The molecule has 1 aromatic carbocycles. The summed E-state index contributed by atoms with van der Waals surface area (Å²) in [6.45, 7) is 0. The molecule has 0 unspecified atom stereocenters. The average molecular weight is 161 g/mol. The molecule has 0 fully saturated rings. The Hall–Kier alpha value is -1.64. The number of H-pyrrole nitrogens is 1. The predicted octanol–water partition coefficient (Wildman–Crippen LogP) is 2.02. The summed E-state index contributed by atoms with van der Waals surface area (Å²) in [5.41, 5.74) is 0.733. The number of rotatable bonds is 1. The van der Waals surface area contributed by atoms with Gasteiger partial charge in [0.05, 0.1) is 0 Å². The Balaban J connectivity index is 2.48. The number of hydrogen-bond acceptors (Lipinski definition) is 1. The molecule has 0 atom stereocenters. The molecule has 1 aromatic heterocycles. The monoisotopic (exact) mass is 161 g/mol. The van der Waals surface area contributed by atoms with Crippen molar-refractivity contribution in [3.63, 3.8) is 0 Å². The van der Waals surface area contributed by atoms with Gasteiger partial charge in [0.15, 0.2) is 0 Å². The fourth-order valence-electron chi connectivity index (χ4n) is 1.01. The van der Waals surface area contributed by atoms with E-state index in [4.69, 9.17) is 0 Å². The van der Waals surface area contributed by atoms with Crippen molar-refractivity contribution in [2.75, 3.05) is 0 Å². The van der Waals surface area contributed by atoms with Gasteiger partial charge in [-0.3, -0.25) is 0 Å². The predicted molar refractivity (Wildman–Crippen MR) is 42.8 cm³/mol. The van der Waals surface area contributed by atoms with Crippen LogP contribution in [0.25, 0.3) is 11.4 Å². The van der Waals surface area contributed by atoms with Gasteiger partial charge in [-0.05, 0) is 12.1 Å². The van der Waals surface area contributed by atoms with E-state index in [1.165, 1.54) is 12.1 Å². The molecule has 59 valence electrons. The summed E-state index contributed by atoms with van der Waals surface area (Å²) in [4.78, 5) is 6.73. The zero-order chi connectivity index (χ0) is 8.39. The Morgan fingerprint density at radius 3 is 3.00 bits per heavy atom. The molecule has 1 N–H and O–H groups in total. The quantitative estimate of drug-likeness (QED) is 0.681. The van der Waals surface area contributed by atoms with E-state index in [0.717, 1.165) is 5.56 Å². The minimum Gasteiger partial charge on any atom is -0.344 e. The highest BCUT2D eigenvalue weighted by molar-refractivity contribution is 5.54. The first-order valence-corrected chi connectivity index (χ1v) is 3.53. The maximum Gasteiger partial charge on any atom is 0.138 e. The lowest BCUT2D eigenvalue weighted by Gasteiger charge is -1.94. The number of aromatic nitrogens is 2. The molecule has 3 heteroatoms. The number of halogens is 1. The second-order valence-corrected chi connectivity index (χ2v) is 2.39. The summed E-state index contributed by atoms with van der Waals surface area (Å²) < 4.78 is 12.7. The third-order valence-electron chi connectivity index (χ3n) is 1.55. The van der Waals surface area contributed by atoms with E-state index in [9.17, 15) is 4.39 Å². The highest BCUT2D eigenvalue weighted by Gasteiger charge is 1.99. The first-order chi connectivity index (χ1) is 5.86. The first kappa shape index (κ1) is 7.03. The van der Waals surface area contributed by atoms with Crippen molar-refractivity contribution in [2.24, 2.45) is 0 Å². The lowest BCUT2D eigenvalue weighted by atomic mass is 10.2. The van der Waals surface area contributed by atoms with Gasteiger partial charge in [0.2, 0.25) is 0 Å². The molecule has 0 aliphatic carbocycles. The van der Waals surface area contributed by atoms with E-state index in [1.807, 2.05) is 0 Å². The number of nitrogens with one attached hydrogen (secondary N) is 1. The summed E-state index contributed by atoms with van der Waals surface area (Å²) in [7, 11) is 0. The van der Waals surface area contributed by atoms with Crippen LogP contribution in [0.2, 0.25) is 0 Å². The van der Waals surface area contributed by atoms with Crippen molar-refractivity contribution < 1.29 is 4.39 Å². The molecule has 2 rings (SSSR count). The van der Waals surface area contributed by atoms with E-state index < -0.39 is 0 Å². The number of aromatic amines is 1. The van der Waals surface area contributed by atoms with Gasteiger partial charge in [0.25, 0.3) is 0 Å². The maximum atomic E-state index is 12.7. The van der Waals surface area contributed by atoms with Crippen molar-refractivity contribution in [3.8, 4) is 11.4 Å². The second-order valence-electron chi connectivity index (χ2n) is 2.39. The molecular formula is C9H6FN2. The van der Waals surface area contributed by atoms with Crippen LogP contribution in [0.3, 0.4) is 0 Å². The van der Waals surface area contributed by atoms with Crippen LogP contribution >= 0.6 is 0 Å². The van der Waals surface area contributed by atoms with Gasteiger partial charge in [-0.1, -0.05) is 12.1 Å². The zero-order valence-corrected chi connectivity index (χ0v) is 6.21. The Kier molecular flexibility index (Phi) is 1.63. The molecular weight excluding hydrogens is 155 g/mol. The van der Waals surface area contributed by atoms with Gasteiger partial charge < -0.3 is 4.98 Å². The topological polar surface area (TPSA) is 28.7 Å². The molecule has 0 aliphatic heterocycles. The molecule has 0 amide bonds. The van der Waals surface area contributed by atoms with E-state index in [2.05, 4.69) is 16.2 Å². The third kappa shape index (κ3) is 1.21. The van der Waals surface area contributed by atoms with Gasteiger partial charge in [-0.2, -0.15) is 0 Å². The molecule has 0 bridgehead atoms. The van der Waals surface area contributed by atoms with Gasteiger partial charge >= 0.3 is 0 Å². The molecule has 0 saturated carbocycles. The zero-order valence-electron chi connectivity index (χ0n) is 6.21.